The van der Waals surface area contributed by atoms with E-state index in [0.29, 0.717) is 12.3 Å². The Balaban J connectivity index is 1.98. The molecule has 2 atom stereocenters. The number of amides is 1. The number of nitrogens with zero attached hydrogens (tertiary/aromatic N) is 2. The van der Waals surface area contributed by atoms with Crippen molar-refractivity contribution in [2.24, 2.45) is 5.73 Å². The van der Waals surface area contributed by atoms with E-state index < -0.39 is 6.10 Å². The van der Waals surface area contributed by atoms with Crippen LogP contribution in [0.4, 0.5) is 0 Å². The summed E-state index contributed by atoms with van der Waals surface area (Å²) in [6.45, 7) is 3.07. The van der Waals surface area contributed by atoms with Gasteiger partial charge in [0.05, 0.1) is 6.20 Å². The summed E-state index contributed by atoms with van der Waals surface area (Å²) >= 11 is 0. The molecule has 104 valence electrons. The van der Waals surface area contributed by atoms with Crippen LogP contribution in [0.1, 0.15) is 26.2 Å². The fourth-order valence-electron chi connectivity index (χ4n) is 2.44. The number of carbonyl (C=O) groups excluding carboxylic acids is 1. The van der Waals surface area contributed by atoms with Gasteiger partial charge in [-0.1, -0.05) is 0 Å². The number of ether oxygens (including phenoxy) is 1. The lowest BCUT2D eigenvalue weighted by atomic mass is 10.0. The second-order valence-electron chi connectivity index (χ2n) is 4.87. The van der Waals surface area contributed by atoms with Crippen molar-refractivity contribution in [1.29, 1.82) is 0 Å². The molecule has 2 N–H and O–H groups in total. The number of pyridine rings is 1. The third-order valence-electron chi connectivity index (χ3n) is 3.48. The van der Waals surface area contributed by atoms with Gasteiger partial charge in [-0.2, -0.15) is 0 Å². The molecule has 1 saturated heterocycles. The molecule has 1 aromatic rings. The molecule has 1 aliphatic rings. The third kappa shape index (κ3) is 3.44. The number of rotatable bonds is 4. The second kappa shape index (κ2) is 6.52. The molecule has 1 amide bonds. The maximum Gasteiger partial charge on any atom is 0.263 e. The number of carbonyl (C=O) groups is 1. The molecule has 2 heterocycles. The SMILES string of the molecule is CC(Oc1cccnc1)C(=O)N1CCCCC1CN. The first-order valence-electron chi connectivity index (χ1n) is 6.79. The Kier molecular flexibility index (Phi) is 4.74. The maximum absolute atomic E-state index is 12.4. The predicted molar refractivity (Wildman–Crippen MR) is 72.7 cm³/mol. The molecule has 0 aromatic carbocycles. The molecule has 1 aliphatic heterocycles. The van der Waals surface area contributed by atoms with Gasteiger partial charge in [0.1, 0.15) is 5.75 Å². The minimum atomic E-state index is -0.503. The van der Waals surface area contributed by atoms with Crippen molar-refractivity contribution in [1.82, 2.24) is 9.88 Å². The fourth-order valence-corrected chi connectivity index (χ4v) is 2.44. The lowest BCUT2D eigenvalue weighted by Crippen LogP contribution is -2.51. The van der Waals surface area contributed by atoms with Crippen LogP contribution in [0.5, 0.6) is 5.75 Å². The van der Waals surface area contributed by atoms with Crippen LogP contribution < -0.4 is 10.5 Å². The van der Waals surface area contributed by atoms with Crippen molar-refractivity contribution in [3.63, 3.8) is 0 Å². The fraction of sp³-hybridized carbons (Fsp3) is 0.571. The second-order valence-corrected chi connectivity index (χ2v) is 4.87. The standard InChI is InChI=1S/C14H21N3O2/c1-11(19-13-6-4-7-16-10-13)14(18)17-8-3-2-5-12(17)9-15/h4,6-7,10-12H,2-3,5,8-9,15H2,1H3. The van der Waals surface area contributed by atoms with Gasteiger partial charge in [0.15, 0.2) is 6.10 Å². The van der Waals surface area contributed by atoms with E-state index in [4.69, 9.17) is 10.5 Å². The smallest absolute Gasteiger partial charge is 0.263 e. The molecular formula is C14H21N3O2. The van der Waals surface area contributed by atoms with Crippen molar-refractivity contribution in [3.05, 3.63) is 24.5 Å². The first-order chi connectivity index (χ1) is 9.22. The summed E-state index contributed by atoms with van der Waals surface area (Å²) < 4.78 is 5.63. The minimum absolute atomic E-state index is 0.0130. The van der Waals surface area contributed by atoms with E-state index in [9.17, 15) is 4.79 Å². The van der Waals surface area contributed by atoms with Crippen LogP contribution in [-0.4, -0.2) is 41.0 Å². The molecule has 0 aliphatic carbocycles. The molecule has 0 saturated carbocycles. The highest BCUT2D eigenvalue weighted by atomic mass is 16.5. The van der Waals surface area contributed by atoms with Crippen LogP contribution in [0, 0.1) is 0 Å². The van der Waals surface area contributed by atoms with E-state index in [0.717, 1.165) is 25.8 Å². The number of aromatic nitrogens is 1. The molecule has 1 fully saturated rings. The van der Waals surface area contributed by atoms with Crippen LogP contribution in [0.3, 0.4) is 0 Å². The molecular weight excluding hydrogens is 242 g/mol. The van der Waals surface area contributed by atoms with Crippen LogP contribution in [-0.2, 0) is 4.79 Å². The Hall–Kier alpha value is -1.62. The Labute approximate surface area is 113 Å². The highest BCUT2D eigenvalue weighted by Crippen LogP contribution is 2.18. The number of piperidine rings is 1. The Morgan fingerprint density at radius 3 is 3.16 bits per heavy atom. The van der Waals surface area contributed by atoms with E-state index >= 15 is 0 Å². The van der Waals surface area contributed by atoms with Crippen molar-refractivity contribution < 1.29 is 9.53 Å². The molecule has 2 rings (SSSR count). The summed E-state index contributed by atoms with van der Waals surface area (Å²) in [5.74, 6) is 0.628. The van der Waals surface area contributed by atoms with E-state index in [1.807, 2.05) is 4.90 Å². The van der Waals surface area contributed by atoms with Crippen LogP contribution >= 0.6 is 0 Å². The minimum Gasteiger partial charge on any atom is -0.479 e. The Bertz CT molecular complexity index is 410. The molecule has 0 bridgehead atoms. The maximum atomic E-state index is 12.4. The first kappa shape index (κ1) is 13.8. The van der Waals surface area contributed by atoms with Gasteiger partial charge < -0.3 is 15.4 Å². The highest BCUT2D eigenvalue weighted by Gasteiger charge is 2.29. The Morgan fingerprint density at radius 1 is 1.63 bits per heavy atom. The van der Waals surface area contributed by atoms with Crippen molar-refractivity contribution >= 4 is 5.91 Å². The van der Waals surface area contributed by atoms with Gasteiger partial charge in [-0.15, -0.1) is 0 Å². The van der Waals surface area contributed by atoms with E-state index in [1.165, 1.54) is 0 Å². The van der Waals surface area contributed by atoms with Crippen molar-refractivity contribution in [2.45, 2.75) is 38.3 Å². The average molecular weight is 263 g/mol. The number of nitrogens with two attached hydrogens (primary N) is 1. The molecule has 5 nitrogen and oxygen atoms in total. The quantitative estimate of drug-likeness (QED) is 0.886. The van der Waals surface area contributed by atoms with Crippen molar-refractivity contribution in [3.8, 4) is 5.75 Å². The average Bonchev–Trinajstić information content (AvgIpc) is 2.47. The van der Waals surface area contributed by atoms with Gasteiger partial charge in [0, 0.05) is 25.3 Å². The zero-order chi connectivity index (χ0) is 13.7. The van der Waals surface area contributed by atoms with E-state index in [1.54, 1.807) is 31.5 Å². The van der Waals surface area contributed by atoms with Gasteiger partial charge in [-0.25, -0.2) is 0 Å². The molecule has 0 radical (unpaired) electrons. The van der Waals surface area contributed by atoms with E-state index in [-0.39, 0.29) is 11.9 Å². The number of hydrogen-bond donors (Lipinski definition) is 1. The largest absolute Gasteiger partial charge is 0.479 e. The molecule has 2 unspecified atom stereocenters. The molecule has 1 aromatic heterocycles. The van der Waals surface area contributed by atoms with E-state index in [2.05, 4.69) is 4.98 Å². The zero-order valence-corrected chi connectivity index (χ0v) is 11.3. The normalized spacial score (nSPS) is 20.9. The Morgan fingerprint density at radius 2 is 2.47 bits per heavy atom. The topological polar surface area (TPSA) is 68.5 Å². The summed E-state index contributed by atoms with van der Waals surface area (Å²) in [5.41, 5.74) is 5.74. The van der Waals surface area contributed by atoms with Crippen LogP contribution in [0.2, 0.25) is 0 Å². The van der Waals surface area contributed by atoms with Crippen LogP contribution in [0.25, 0.3) is 0 Å². The number of likely N-dealkylation sites (tertiary alicyclic amines) is 1. The summed E-state index contributed by atoms with van der Waals surface area (Å²) in [7, 11) is 0. The first-order valence-corrected chi connectivity index (χ1v) is 6.79. The number of hydrogen-bond acceptors (Lipinski definition) is 4. The summed E-state index contributed by atoms with van der Waals surface area (Å²) in [6.07, 6.45) is 5.96. The molecule has 19 heavy (non-hydrogen) atoms. The third-order valence-corrected chi connectivity index (χ3v) is 3.48. The van der Waals surface area contributed by atoms with Gasteiger partial charge in [-0.05, 0) is 38.3 Å². The molecule has 0 spiro atoms. The zero-order valence-electron chi connectivity index (χ0n) is 11.3. The van der Waals surface area contributed by atoms with Gasteiger partial charge in [0.25, 0.3) is 5.91 Å². The summed E-state index contributed by atoms with van der Waals surface area (Å²) in [5, 5.41) is 0. The van der Waals surface area contributed by atoms with Gasteiger partial charge >= 0.3 is 0 Å². The lowest BCUT2D eigenvalue weighted by Gasteiger charge is -2.36. The monoisotopic (exact) mass is 263 g/mol. The van der Waals surface area contributed by atoms with Crippen molar-refractivity contribution in [2.75, 3.05) is 13.1 Å². The summed E-state index contributed by atoms with van der Waals surface area (Å²) in [6, 6.07) is 3.74. The van der Waals surface area contributed by atoms with Gasteiger partial charge in [0.2, 0.25) is 0 Å². The highest BCUT2D eigenvalue weighted by molar-refractivity contribution is 5.81. The van der Waals surface area contributed by atoms with Crippen LogP contribution in [0.15, 0.2) is 24.5 Å². The molecule has 5 heteroatoms. The summed E-state index contributed by atoms with van der Waals surface area (Å²) in [4.78, 5) is 18.2. The predicted octanol–water partition coefficient (Wildman–Crippen LogP) is 1.19. The van der Waals surface area contributed by atoms with Gasteiger partial charge in [-0.3, -0.25) is 9.78 Å². The lowest BCUT2D eigenvalue weighted by molar-refractivity contribution is -0.141.